The summed E-state index contributed by atoms with van der Waals surface area (Å²) in [5.74, 6) is 0.883. The lowest BCUT2D eigenvalue weighted by molar-refractivity contribution is 0.208. The smallest absolute Gasteiger partial charge is 0.321 e. The maximum absolute atomic E-state index is 13.2. The molecule has 1 N–H and O–H groups in total. The average molecular weight is 416 g/mol. The zero-order valence-electron chi connectivity index (χ0n) is 15.7. The maximum Gasteiger partial charge on any atom is 0.321 e. The lowest BCUT2D eigenvalue weighted by Crippen LogP contribution is -2.50. The molecular formula is C19H19ClFN7O. The third-order valence-corrected chi connectivity index (χ3v) is 4.94. The lowest BCUT2D eigenvalue weighted by Gasteiger charge is -2.35. The largest absolute Gasteiger partial charge is 0.352 e. The van der Waals surface area contributed by atoms with Crippen LogP contribution in [-0.4, -0.2) is 57.1 Å². The summed E-state index contributed by atoms with van der Waals surface area (Å²) in [5.41, 5.74) is 1.37. The third kappa shape index (κ3) is 4.29. The second kappa shape index (κ2) is 8.04. The van der Waals surface area contributed by atoms with Crippen LogP contribution in [0.4, 0.5) is 20.7 Å². The molecule has 2 amide bonds. The zero-order valence-corrected chi connectivity index (χ0v) is 16.5. The highest BCUT2D eigenvalue weighted by Crippen LogP contribution is 2.20. The highest BCUT2D eigenvalue weighted by atomic mass is 35.5. The molecule has 4 rings (SSSR count). The molecule has 150 valence electrons. The SMILES string of the molecule is Cc1ccn(-c2ccc(N3CCN(C(=O)Nc4ccc(F)c(Cl)c4)CC3)nn2)n1. The summed E-state index contributed by atoms with van der Waals surface area (Å²) in [4.78, 5) is 16.2. The highest BCUT2D eigenvalue weighted by Gasteiger charge is 2.22. The van der Waals surface area contributed by atoms with Gasteiger partial charge in [-0.2, -0.15) is 5.10 Å². The van der Waals surface area contributed by atoms with Crippen molar-refractivity contribution in [3.63, 3.8) is 0 Å². The molecule has 1 aliphatic rings. The van der Waals surface area contributed by atoms with Gasteiger partial charge in [-0.05, 0) is 43.3 Å². The van der Waals surface area contributed by atoms with Gasteiger partial charge in [0, 0.05) is 38.1 Å². The number of rotatable bonds is 3. The minimum Gasteiger partial charge on any atom is -0.352 e. The number of carbonyl (C=O) groups is 1. The molecule has 1 fully saturated rings. The summed E-state index contributed by atoms with van der Waals surface area (Å²) >= 11 is 5.76. The van der Waals surface area contributed by atoms with Crippen molar-refractivity contribution in [1.82, 2.24) is 24.9 Å². The molecule has 0 spiro atoms. The van der Waals surface area contributed by atoms with Crippen LogP contribution in [0.1, 0.15) is 5.69 Å². The van der Waals surface area contributed by atoms with Gasteiger partial charge in [0.2, 0.25) is 0 Å². The van der Waals surface area contributed by atoms with E-state index in [1.165, 1.54) is 18.2 Å². The molecule has 0 bridgehead atoms. The van der Waals surface area contributed by atoms with Crippen molar-refractivity contribution in [1.29, 1.82) is 0 Å². The van der Waals surface area contributed by atoms with Gasteiger partial charge < -0.3 is 15.1 Å². The standard InChI is InChI=1S/C19H19ClFN7O/c1-13-6-7-28(25-13)18-5-4-17(23-24-18)26-8-10-27(11-9-26)19(29)22-14-2-3-16(21)15(20)12-14/h2-7,12H,8-11H2,1H3,(H,22,29). The molecule has 1 aliphatic heterocycles. The minimum atomic E-state index is -0.520. The first-order valence-corrected chi connectivity index (χ1v) is 9.50. The van der Waals surface area contributed by atoms with Crippen LogP contribution < -0.4 is 10.2 Å². The predicted octanol–water partition coefficient (Wildman–Crippen LogP) is 3.12. The fourth-order valence-electron chi connectivity index (χ4n) is 3.07. The number of urea groups is 1. The topological polar surface area (TPSA) is 79.2 Å². The Morgan fingerprint density at radius 2 is 1.79 bits per heavy atom. The first-order valence-electron chi connectivity index (χ1n) is 9.12. The number of hydrogen-bond acceptors (Lipinski definition) is 5. The Morgan fingerprint density at radius 1 is 1.07 bits per heavy atom. The van der Waals surface area contributed by atoms with Gasteiger partial charge in [0.1, 0.15) is 5.82 Å². The Morgan fingerprint density at radius 3 is 2.41 bits per heavy atom. The number of aromatic nitrogens is 4. The van der Waals surface area contributed by atoms with Crippen LogP contribution in [0.25, 0.3) is 5.82 Å². The number of hydrogen-bond donors (Lipinski definition) is 1. The maximum atomic E-state index is 13.2. The van der Waals surface area contributed by atoms with E-state index in [-0.39, 0.29) is 11.1 Å². The van der Waals surface area contributed by atoms with E-state index >= 15 is 0 Å². The molecule has 0 aliphatic carbocycles. The Labute approximate surface area is 171 Å². The fraction of sp³-hybridized carbons (Fsp3) is 0.263. The molecule has 2 aromatic heterocycles. The number of aryl methyl sites for hydroxylation is 1. The molecule has 1 saturated heterocycles. The molecule has 1 aromatic carbocycles. The number of carbonyl (C=O) groups excluding carboxylic acids is 1. The Bertz CT molecular complexity index is 1020. The fourth-order valence-corrected chi connectivity index (χ4v) is 3.25. The molecule has 0 saturated carbocycles. The third-order valence-electron chi connectivity index (χ3n) is 4.66. The van der Waals surface area contributed by atoms with Crippen molar-refractivity contribution in [2.45, 2.75) is 6.92 Å². The molecule has 10 heteroatoms. The Balaban J connectivity index is 1.34. The minimum absolute atomic E-state index is 0.0279. The van der Waals surface area contributed by atoms with Crippen molar-refractivity contribution in [2.75, 3.05) is 36.4 Å². The summed E-state index contributed by atoms with van der Waals surface area (Å²) in [6.07, 6.45) is 1.84. The van der Waals surface area contributed by atoms with Crippen LogP contribution in [0.2, 0.25) is 5.02 Å². The number of piperazine rings is 1. The van der Waals surface area contributed by atoms with Crippen LogP contribution in [0.15, 0.2) is 42.6 Å². The summed E-state index contributed by atoms with van der Waals surface area (Å²) < 4.78 is 14.9. The second-order valence-electron chi connectivity index (χ2n) is 6.68. The zero-order chi connectivity index (χ0) is 20.4. The molecule has 0 radical (unpaired) electrons. The first-order chi connectivity index (χ1) is 14.0. The number of anilines is 2. The summed E-state index contributed by atoms with van der Waals surface area (Å²) in [6, 6.07) is 9.52. The summed E-state index contributed by atoms with van der Waals surface area (Å²) in [6.45, 7) is 4.24. The van der Waals surface area contributed by atoms with Crippen molar-refractivity contribution < 1.29 is 9.18 Å². The van der Waals surface area contributed by atoms with Crippen LogP contribution in [0.5, 0.6) is 0 Å². The van der Waals surface area contributed by atoms with Gasteiger partial charge in [-0.25, -0.2) is 13.9 Å². The average Bonchev–Trinajstić information content (AvgIpc) is 3.17. The normalized spacial score (nSPS) is 14.2. The molecule has 8 nitrogen and oxygen atoms in total. The quantitative estimate of drug-likeness (QED) is 0.711. The van der Waals surface area contributed by atoms with Crippen LogP contribution in [0.3, 0.4) is 0 Å². The predicted molar refractivity (Wildman–Crippen MR) is 108 cm³/mol. The van der Waals surface area contributed by atoms with Crippen molar-refractivity contribution in [3.05, 3.63) is 59.1 Å². The van der Waals surface area contributed by atoms with E-state index in [2.05, 4.69) is 25.5 Å². The van der Waals surface area contributed by atoms with Crippen LogP contribution >= 0.6 is 11.6 Å². The van der Waals surface area contributed by atoms with Gasteiger partial charge in [0.15, 0.2) is 11.6 Å². The lowest BCUT2D eigenvalue weighted by atomic mass is 10.3. The van der Waals surface area contributed by atoms with Crippen LogP contribution in [-0.2, 0) is 0 Å². The molecule has 29 heavy (non-hydrogen) atoms. The second-order valence-corrected chi connectivity index (χ2v) is 7.09. The summed E-state index contributed by atoms with van der Waals surface area (Å²) in [5, 5.41) is 15.6. The van der Waals surface area contributed by atoms with Crippen LogP contribution in [0, 0.1) is 12.7 Å². The highest BCUT2D eigenvalue weighted by molar-refractivity contribution is 6.31. The summed E-state index contributed by atoms with van der Waals surface area (Å²) in [7, 11) is 0. The molecule has 0 atom stereocenters. The van der Waals surface area contributed by atoms with Gasteiger partial charge in [0.25, 0.3) is 0 Å². The number of benzene rings is 1. The molecule has 3 heterocycles. The van der Waals surface area contributed by atoms with Gasteiger partial charge in [-0.3, -0.25) is 0 Å². The van der Waals surface area contributed by atoms with Crippen molar-refractivity contribution >= 4 is 29.1 Å². The number of nitrogens with zero attached hydrogens (tertiary/aromatic N) is 6. The molecule has 3 aromatic rings. The monoisotopic (exact) mass is 415 g/mol. The first kappa shape index (κ1) is 19.1. The number of halogens is 2. The van der Waals surface area contributed by atoms with Crippen molar-refractivity contribution in [2.24, 2.45) is 0 Å². The van der Waals surface area contributed by atoms with Gasteiger partial charge in [0.05, 0.1) is 10.7 Å². The number of amides is 2. The Kier molecular flexibility index (Phi) is 5.30. The van der Waals surface area contributed by atoms with E-state index in [4.69, 9.17) is 11.6 Å². The van der Waals surface area contributed by atoms with Gasteiger partial charge in [-0.1, -0.05) is 11.6 Å². The van der Waals surface area contributed by atoms with E-state index in [1.54, 1.807) is 9.58 Å². The van der Waals surface area contributed by atoms with Gasteiger partial charge >= 0.3 is 6.03 Å². The van der Waals surface area contributed by atoms with E-state index < -0.39 is 5.82 Å². The molecule has 0 unspecified atom stereocenters. The van der Waals surface area contributed by atoms with Crippen molar-refractivity contribution in [3.8, 4) is 5.82 Å². The number of nitrogens with one attached hydrogen (secondary N) is 1. The molecular weight excluding hydrogens is 397 g/mol. The van der Waals surface area contributed by atoms with E-state index in [0.717, 1.165) is 11.5 Å². The van der Waals surface area contributed by atoms with E-state index in [9.17, 15) is 9.18 Å². The Hall–Kier alpha value is -3.20. The van der Waals surface area contributed by atoms with Gasteiger partial charge in [-0.15, -0.1) is 10.2 Å². The van der Waals surface area contributed by atoms with E-state index in [0.29, 0.717) is 37.7 Å². The van der Waals surface area contributed by atoms with E-state index in [1.807, 2.05) is 31.3 Å².